The van der Waals surface area contributed by atoms with E-state index in [9.17, 15) is 4.79 Å². The fourth-order valence-corrected chi connectivity index (χ4v) is 1.58. The lowest BCUT2D eigenvalue weighted by atomic mass is 10.2. The second kappa shape index (κ2) is 5.36. The molecule has 3 heteroatoms. The Labute approximate surface area is 106 Å². The van der Waals surface area contributed by atoms with E-state index in [1.807, 2.05) is 55.5 Å². The Morgan fingerprint density at radius 2 is 1.72 bits per heavy atom. The summed E-state index contributed by atoms with van der Waals surface area (Å²) in [6.45, 7) is 3.50. The van der Waals surface area contributed by atoms with Gasteiger partial charge in [0, 0.05) is 6.92 Å². The average Bonchev–Trinajstić information content (AvgIpc) is 2.34. The maximum Gasteiger partial charge on any atom is 0.221 e. The fourth-order valence-electron chi connectivity index (χ4n) is 1.58. The molecule has 0 unspecified atom stereocenters. The zero-order valence-electron chi connectivity index (χ0n) is 10.4. The summed E-state index contributed by atoms with van der Waals surface area (Å²) in [4.78, 5) is 11.1. The van der Waals surface area contributed by atoms with Gasteiger partial charge in [-0.25, -0.2) is 0 Å². The summed E-state index contributed by atoms with van der Waals surface area (Å²) in [7, 11) is 0. The summed E-state index contributed by atoms with van der Waals surface area (Å²) in [6, 6.07) is 15.1. The van der Waals surface area contributed by atoms with Crippen molar-refractivity contribution in [1.82, 2.24) is 0 Å². The molecular formula is C15H15NO2. The van der Waals surface area contributed by atoms with Gasteiger partial charge in [0.25, 0.3) is 0 Å². The minimum absolute atomic E-state index is 0.116. The number of para-hydroxylation sites is 2. The van der Waals surface area contributed by atoms with E-state index >= 15 is 0 Å². The topological polar surface area (TPSA) is 38.3 Å². The summed E-state index contributed by atoms with van der Waals surface area (Å²) < 4.78 is 5.75. The molecule has 0 aromatic heterocycles. The van der Waals surface area contributed by atoms with Crippen LogP contribution >= 0.6 is 0 Å². The lowest BCUT2D eigenvalue weighted by Gasteiger charge is -2.11. The van der Waals surface area contributed by atoms with Crippen LogP contribution in [0.25, 0.3) is 0 Å². The van der Waals surface area contributed by atoms with Crippen molar-refractivity contribution in [1.29, 1.82) is 0 Å². The van der Waals surface area contributed by atoms with Gasteiger partial charge in [-0.2, -0.15) is 0 Å². The van der Waals surface area contributed by atoms with Crippen molar-refractivity contribution in [3.63, 3.8) is 0 Å². The van der Waals surface area contributed by atoms with Gasteiger partial charge in [-0.05, 0) is 31.2 Å². The molecule has 0 radical (unpaired) electrons. The van der Waals surface area contributed by atoms with Gasteiger partial charge in [0.05, 0.1) is 5.69 Å². The fraction of sp³-hybridized carbons (Fsp3) is 0.133. The molecule has 3 nitrogen and oxygen atoms in total. The third-order valence-corrected chi connectivity index (χ3v) is 2.45. The van der Waals surface area contributed by atoms with Crippen molar-refractivity contribution in [2.24, 2.45) is 0 Å². The van der Waals surface area contributed by atoms with Gasteiger partial charge in [0.15, 0.2) is 5.75 Å². The SMILES string of the molecule is CC(=O)Nc1ccccc1Oc1ccc(C)cc1. The standard InChI is InChI=1S/C15H15NO2/c1-11-7-9-13(10-8-11)18-15-6-4-3-5-14(15)16-12(2)17/h3-10H,1-2H3,(H,16,17). The molecule has 0 aliphatic heterocycles. The quantitative estimate of drug-likeness (QED) is 0.888. The molecule has 1 amide bonds. The van der Waals surface area contributed by atoms with E-state index in [4.69, 9.17) is 4.74 Å². The highest BCUT2D eigenvalue weighted by Crippen LogP contribution is 2.29. The maximum absolute atomic E-state index is 11.1. The first-order valence-corrected chi connectivity index (χ1v) is 5.76. The highest BCUT2D eigenvalue weighted by Gasteiger charge is 2.05. The zero-order valence-corrected chi connectivity index (χ0v) is 10.4. The lowest BCUT2D eigenvalue weighted by molar-refractivity contribution is -0.114. The highest BCUT2D eigenvalue weighted by molar-refractivity contribution is 5.90. The molecule has 0 fully saturated rings. The Balaban J connectivity index is 2.23. The average molecular weight is 241 g/mol. The summed E-state index contributed by atoms with van der Waals surface area (Å²) in [5.74, 6) is 1.27. The van der Waals surface area contributed by atoms with Gasteiger partial charge in [-0.15, -0.1) is 0 Å². The van der Waals surface area contributed by atoms with E-state index in [-0.39, 0.29) is 5.91 Å². The van der Waals surface area contributed by atoms with Crippen LogP contribution in [0, 0.1) is 6.92 Å². The first-order chi connectivity index (χ1) is 8.65. The number of hydrogen-bond acceptors (Lipinski definition) is 2. The van der Waals surface area contributed by atoms with Crippen LogP contribution in [0.15, 0.2) is 48.5 Å². The molecule has 92 valence electrons. The van der Waals surface area contributed by atoms with Crippen LogP contribution in [0.5, 0.6) is 11.5 Å². The number of amides is 1. The number of carbonyl (C=O) groups excluding carboxylic acids is 1. The first-order valence-electron chi connectivity index (χ1n) is 5.76. The molecular weight excluding hydrogens is 226 g/mol. The molecule has 2 rings (SSSR count). The summed E-state index contributed by atoms with van der Waals surface area (Å²) >= 11 is 0. The van der Waals surface area contributed by atoms with Crippen molar-refractivity contribution in [3.05, 3.63) is 54.1 Å². The first kappa shape index (κ1) is 12.2. The number of ether oxygens (including phenoxy) is 1. The summed E-state index contributed by atoms with van der Waals surface area (Å²) in [5, 5.41) is 2.74. The number of carbonyl (C=O) groups is 1. The molecule has 0 saturated carbocycles. The predicted octanol–water partition coefficient (Wildman–Crippen LogP) is 3.75. The van der Waals surface area contributed by atoms with Gasteiger partial charge < -0.3 is 10.1 Å². The van der Waals surface area contributed by atoms with Crippen LogP contribution in [-0.4, -0.2) is 5.91 Å². The molecule has 0 spiro atoms. The van der Waals surface area contributed by atoms with E-state index in [0.29, 0.717) is 11.4 Å². The lowest BCUT2D eigenvalue weighted by Crippen LogP contribution is -2.06. The molecule has 1 N–H and O–H groups in total. The molecule has 18 heavy (non-hydrogen) atoms. The molecule has 0 saturated heterocycles. The molecule has 2 aromatic rings. The van der Waals surface area contributed by atoms with Crippen molar-refractivity contribution >= 4 is 11.6 Å². The normalized spacial score (nSPS) is 9.89. The van der Waals surface area contributed by atoms with Crippen LogP contribution in [0.4, 0.5) is 5.69 Å². The number of nitrogens with one attached hydrogen (secondary N) is 1. The van der Waals surface area contributed by atoms with Crippen molar-refractivity contribution in [3.8, 4) is 11.5 Å². The Morgan fingerprint density at radius 3 is 2.39 bits per heavy atom. The zero-order chi connectivity index (χ0) is 13.0. The number of benzene rings is 2. The van der Waals surface area contributed by atoms with Crippen LogP contribution in [0.1, 0.15) is 12.5 Å². The van der Waals surface area contributed by atoms with E-state index in [1.54, 1.807) is 0 Å². The molecule has 0 aliphatic carbocycles. The van der Waals surface area contributed by atoms with Crippen LogP contribution in [-0.2, 0) is 4.79 Å². The number of aryl methyl sites for hydroxylation is 1. The number of anilines is 1. The minimum atomic E-state index is -0.116. The third kappa shape index (κ3) is 3.10. The Hall–Kier alpha value is -2.29. The molecule has 0 bridgehead atoms. The predicted molar refractivity (Wildman–Crippen MR) is 72.0 cm³/mol. The van der Waals surface area contributed by atoms with Crippen LogP contribution < -0.4 is 10.1 Å². The summed E-state index contributed by atoms with van der Waals surface area (Å²) in [5.41, 5.74) is 1.85. The second-order valence-electron chi connectivity index (χ2n) is 4.09. The van der Waals surface area contributed by atoms with E-state index in [0.717, 1.165) is 5.75 Å². The van der Waals surface area contributed by atoms with Crippen LogP contribution in [0.3, 0.4) is 0 Å². The van der Waals surface area contributed by atoms with Crippen molar-refractivity contribution in [2.45, 2.75) is 13.8 Å². The number of rotatable bonds is 3. The third-order valence-electron chi connectivity index (χ3n) is 2.45. The van der Waals surface area contributed by atoms with Gasteiger partial charge in [0.2, 0.25) is 5.91 Å². The second-order valence-corrected chi connectivity index (χ2v) is 4.09. The van der Waals surface area contributed by atoms with E-state index < -0.39 is 0 Å². The van der Waals surface area contributed by atoms with Gasteiger partial charge >= 0.3 is 0 Å². The van der Waals surface area contributed by atoms with Crippen LogP contribution in [0.2, 0.25) is 0 Å². The van der Waals surface area contributed by atoms with Gasteiger partial charge in [-0.3, -0.25) is 4.79 Å². The Morgan fingerprint density at radius 1 is 1.06 bits per heavy atom. The van der Waals surface area contributed by atoms with Crippen molar-refractivity contribution in [2.75, 3.05) is 5.32 Å². The van der Waals surface area contributed by atoms with E-state index in [1.165, 1.54) is 12.5 Å². The molecule has 2 aromatic carbocycles. The summed E-state index contributed by atoms with van der Waals surface area (Å²) in [6.07, 6.45) is 0. The number of hydrogen-bond donors (Lipinski definition) is 1. The monoisotopic (exact) mass is 241 g/mol. The largest absolute Gasteiger partial charge is 0.455 e. The smallest absolute Gasteiger partial charge is 0.221 e. The van der Waals surface area contributed by atoms with Gasteiger partial charge in [0.1, 0.15) is 5.75 Å². The minimum Gasteiger partial charge on any atom is -0.455 e. The maximum atomic E-state index is 11.1. The Kier molecular flexibility index (Phi) is 3.63. The molecule has 0 heterocycles. The molecule has 0 atom stereocenters. The Bertz CT molecular complexity index is 547. The highest BCUT2D eigenvalue weighted by atomic mass is 16.5. The van der Waals surface area contributed by atoms with Gasteiger partial charge in [-0.1, -0.05) is 29.8 Å². The van der Waals surface area contributed by atoms with E-state index in [2.05, 4.69) is 5.32 Å². The molecule has 0 aliphatic rings. The van der Waals surface area contributed by atoms with Crippen molar-refractivity contribution < 1.29 is 9.53 Å².